The molecule has 8 heteroatoms. The molecule has 0 saturated heterocycles. The fourth-order valence-corrected chi connectivity index (χ4v) is 3.74. The predicted molar refractivity (Wildman–Crippen MR) is 81.1 cm³/mol. The summed E-state index contributed by atoms with van der Waals surface area (Å²) < 4.78 is 28.2. The van der Waals surface area contributed by atoms with Gasteiger partial charge in [-0.15, -0.1) is 21.5 Å². The van der Waals surface area contributed by atoms with Crippen molar-refractivity contribution in [3.8, 4) is 10.7 Å². The maximum Gasteiger partial charge on any atom is 0.235 e. The first-order chi connectivity index (χ1) is 10.7. The molecule has 0 fully saturated rings. The van der Waals surface area contributed by atoms with Crippen LogP contribution in [0.25, 0.3) is 15.7 Å². The third-order valence-corrected chi connectivity index (χ3v) is 4.82. The van der Waals surface area contributed by atoms with Crippen LogP contribution in [-0.4, -0.2) is 19.8 Å². The van der Waals surface area contributed by atoms with Crippen LogP contribution >= 0.6 is 22.7 Å². The van der Waals surface area contributed by atoms with E-state index in [1.165, 1.54) is 23.5 Å². The van der Waals surface area contributed by atoms with E-state index in [1.807, 2.05) is 17.5 Å². The van der Waals surface area contributed by atoms with Gasteiger partial charge in [0.15, 0.2) is 5.82 Å². The second-order valence-electron chi connectivity index (χ2n) is 4.65. The van der Waals surface area contributed by atoms with E-state index in [4.69, 9.17) is 0 Å². The van der Waals surface area contributed by atoms with Crippen molar-refractivity contribution < 1.29 is 8.78 Å². The zero-order chi connectivity index (χ0) is 15.1. The van der Waals surface area contributed by atoms with Gasteiger partial charge >= 0.3 is 0 Å². The fraction of sp³-hybridized carbons (Fsp3) is 0.0714. The molecule has 4 aromatic rings. The third kappa shape index (κ3) is 2.40. The average molecular weight is 334 g/mol. The minimum Gasteiger partial charge on any atom is -0.207 e. The summed E-state index contributed by atoms with van der Waals surface area (Å²) in [5, 5.41) is 15.4. The molecule has 0 unspecified atom stereocenters. The number of hydrogen-bond acceptors (Lipinski definition) is 5. The lowest BCUT2D eigenvalue weighted by Crippen LogP contribution is -1.94. The highest BCUT2D eigenvalue weighted by Gasteiger charge is 2.14. The van der Waals surface area contributed by atoms with Crippen LogP contribution in [0.2, 0.25) is 0 Å². The fourth-order valence-electron chi connectivity index (χ4n) is 2.18. The Hall–Kier alpha value is -2.19. The molecule has 0 aliphatic rings. The van der Waals surface area contributed by atoms with Crippen LogP contribution in [0.4, 0.5) is 8.78 Å². The number of nitrogens with zero attached hydrogens (tertiary/aromatic N) is 4. The van der Waals surface area contributed by atoms with Crippen molar-refractivity contribution in [3.05, 3.63) is 57.9 Å². The van der Waals surface area contributed by atoms with Gasteiger partial charge in [-0.2, -0.15) is 9.61 Å². The minimum atomic E-state index is -0.586. The van der Waals surface area contributed by atoms with E-state index in [-0.39, 0.29) is 0 Å². The molecule has 0 spiro atoms. The Balaban J connectivity index is 1.71. The minimum absolute atomic E-state index is 0.354. The summed E-state index contributed by atoms with van der Waals surface area (Å²) in [5.41, 5.74) is 0.542. The number of aromatic nitrogens is 4. The smallest absolute Gasteiger partial charge is 0.207 e. The molecular formula is C14H8F2N4S2. The Kier molecular flexibility index (Phi) is 3.20. The van der Waals surface area contributed by atoms with Crippen LogP contribution in [0, 0.1) is 11.6 Å². The van der Waals surface area contributed by atoms with Crippen molar-refractivity contribution in [2.45, 2.75) is 6.42 Å². The highest BCUT2D eigenvalue weighted by molar-refractivity contribution is 7.16. The normalized spacial score (nSPS) is 11.4. The van der Waals surface area contributed by atoms with Gasteiger partial charge in [-0.25, -0.2) is 8.78 Å². The number of hydrogen-bond donors (Lipinski definition) is 0. The number of fused-ring (bicyclic) bond motifs is 1. The highest BCUT2D eigenvalue weighted by atomic mass is 32.1. The molecule has 1 aromatic carbocycles. The van der Waals surface area contributed by atoms with Crippen molar-refractivity contribution >= 4 is 27.6 Å². The van der Waals surface area contributed by atoms with Gasteiger partial charge in [0.2, 0.25) is 4.96 Å². The first-order valence-electron chi connectivity index (χ1n) is 6.39. The standard InChI is InChI=1S/C14H8F2N4S2/c15-9-4-8(5-10(16)7-9)6-12-19-20-13(11-2-1-3-21-11)17-18-14(20)22-12/h1-5,7H,6H2. The second kappa shape index (κ2) is 5.22. The predicted octanol–water partition coefficient (Wildman–Crippen LogP) is 3.78. The number of benzene rings is 1. The molecule has 3 aromatic heterocycles. The van der Waals surface area contributed by atoms with E-state index in [0.717, 1.165) is 16.0 Å². The first-order valence-corrected chi connectivity index (χ1v) is 8.08. The maximum absolute atomic E-state index is 13.2. The van der Waals surface area contributed by atoms with Crippen molar-refractivity contribution in [3.63, 3.8) is 0 Å². The van der Waals surface area contributed by atoms with Crippen molar-refractivity contribution in [2.24, 2.45) is 0 Å². The van der Waals surface area contributed by atoms with Gasteiger partial charge in [0, 0.05) is 12.5 Å². The van der Waals surface area contributed by atoms with Crippen LogP contribution in [0.1, 0.15) is 10.6 Å². The molecule has 0 amide bonds. The van der Waals surface area contributed by atoms with Gasteiger partial charge in [-0.05, 0) is 29.1 Å². The summed E-state index contributed by atoms with van der Waals surface area (Å²) >= 11 is 2.91. The SMILES string of the molecule is Fc1cc(F)cc(Cc2nn3c(-c4cccs4)nnc3s2)c1. The Bertz CT molecular complexity index is 923. The molecule has 110 valence electrons. The highest BCUT2D eigenvalue weighted by Crippen LogP contribution is 2.26. The molecule has 0 radical (unpaired) electrons. The van der Waals surface area contributed by atoms with Crippen LogP contribution in [-0.2, 0) is 6.42 Å². The van der Waals surface area contributed by atoms with Gasteiger partial charge in [0.25, 0.3) is 0 Å². The van der Waals surface area contributed by atoms with Gasteiger partial charge in [0.05, 0.1) is 4.88 Å². The van der Waals surface area contributed by atoms with Crippen LogP contribution in [0.15, 0.2) is 35.7 Å². The van der Waals surface area contributed by atoms with Crippen molar-refractivity contribution in [1.29, 1.82) is 0 Å². The van der Waals surface area contributed by atoms with E-state index in [0.29, 0.717) is 22.8 Å². The van der Waals surface area contributed by atoms with Crippen LogP contribution in [0.5, 0.6) is 0 Å². The average Bonchev–Trinajstić information content (AvgIpc) is 3.12. The number of thiophene rings is 1. The molecule has 3 heterocycles. The van der Waals surface area contributed by atoms with E-state index < -0.39 is 11.6 Å². The molecule has 22 heavy (non-hydrogen) atoms. The Morgan fingerprint density at radius 1 is 1.09 bits per heavy atom. The molecule has 4 rings (SSSR count). The molecule has 0 aliphatic carbocycles. The Morgan fingerprint density at radius 2 is 1.91 bits per heavy atom. The molecule has 4 nitrogen and oxygen atoms in total. The molecule has 0 bridgehead atoms. The lowest BCUT2D eigenvalue weighted by molar-refractivity contribution is 0.580. The van der Waals surface area contributed by atoms with E-state index in [2.05, 4.69) is 15.3 Å². The van der Waals surface area contributed by atoms with Gasteiger partial charge in [-0.3, -0.25) is 0 Å². The third-order valence-electron chi connectivity index (χ3n) is 3.05. The van der Waals surface area contributed by atoms with Gasteiger partial charge < -0.3 is 0 Å². The Morgan fingerprint density at radius 3 is 2.64 bits per heavy atom. The molecule has 0 atom stereocenters. The zero-order valence-corrected chi connectivity index (χ0v) is 12.7. The summed E-state index contributed by atoms with van der Waals surface area (Å²) in [6, 6.07) is 7.36. The summed E-state index contributed by atoms with van der Waals surface area (Å²) in [4.78, 5) is 1.64. The maximum atomic E-state index is 13.2. The molecule has 0 aliphatic heterocycles. The summed E-state index contributed by atoms with van der Waals surface area (Å²) in [6.45, 7) is 0. The van der Waals surface area contributed by atoms with Crippen LogP contribution < -0.4 is 0 Å². The van der Waals surface area contributed by atoms with E-state index in [1.54, 1.807) is 15.9 Å². The van der Waals surface area contributed by atoms with Crippen LogP contribution in [0.3, 0.4) is 0 Å². The van der Waals surface area contributed by atoms with Gasteiger partial charge in [0.1, 0.15) is 16.6 Å². The van der Waals surface area contributed by atoms with E-state index in [9.17, 15) is 8.78 Å². The van der Waals surface area contributed by atoms with Crippen molar-refractivity contribution in [2.75, 3.05) is 0 Å². The second-order valence-corrected chi connectivity index (χ2v) is 6.63. The summed E-state index contributed by atoms with van der Waals surface area (Å²) in [5.74, 6) is -0.493. The Labute approximate surface area is 131 Å². The summed E-state index contributed by atoms with van der Waals surface area (Å²) in [6.07, 6.45) is 0.354. The van der Waals surface area contributed by atoms with E-state index >= 15 is 0 Å². The van der Waals surface area contributed by atoms with Gasteiger partial charge in [-0.1, -0.05) is 17.4 Å². The molecular weight excluding hydrogens is 326 g/mol. The topological polar surface area (TPSA) is 43.1 Å². The number of halogens is 2. The largest absolute Gasteiger partial charge is 0.235 e. The quantitative estimate of drug-likeness (QED) is 0.572. The van der Waals surface area contributed by atoms with Crippen molar-refractivity contribution in [1.82, 2.24) is 19.8 Å². The lowest BCUT2D eigenvalue weighted by Gasteiger charge is -1.98. The number of rotatable bonds is 3. The monoisotopic (exact) mass is 334 g/mol. The zero-order valence-electron chi connectivity index (χ0n) is 11.0. The molecule has 0 N–H and O–H groups in total. The molecule has 0 saturated carbocycles. The summed E-state index contributed by atoms with van der Waals surface area (Å²) in [7, 11) is 0. The lowest BCUT2D eigenvalue weighted by atomic mass is 10.1. The first kappa shape index (κ1) is 13.5.